The van der Waals surface area contributed by atoms with Crippen LogP contribution in [0.1, 0.15) is 53.5 Å². The maximum absolute atomic E-state index is 10.5. The Hall–Kier alpha value is 8.79. The third kappa shape index (κ3) is 219. The molecule has 0 atom stereocenters. The first-order valence-electron chi connectivity index (χ1n) is 19.4. The number of aromatic nitrogens is 1. The van der Waals surface area contributed by atoms with Crippen LogP contribution in [-0.2, 0) is 172 Å². The van der Waals surface area contributed by atoms with Gasteiger partial charge in [0.2, 0.25) is 11.1 Å². The summed E-state index contributed by atoms with van der Waals surface area (Å²) in [5.41, 5.74) is 9.19. The van der Waals surface area contributed by atoms with Gasteiger partial charge in [-0.25, -0.2) is 4.98 Å². The predicted molar refractivity (Wildman–Crippen MR) is 392 cm³/mol. The standard InChI is InChI=1S/C8H9NO.C8H7NS.C8H9NS.C6H7N.C2H3ClO.2C2H5I.C2H6.6CN.4CH4O.2CH3.Fe.5HI.3K.2V.4Y/c1-7(10)9-8-5-3-2-4-6-8;1-6-9-7-4-2-3-5-8(7)10-6;1-7(10)9-8-5-3-2-4-6-8;7-6-4-2-1-3-5-6;1-2(3)4;2*1-2-3;11*1-2;;;;;;;;;;;;;;;;;/h2-6H,1H3,(H,9,10);2-5H,1H3;2-6H,1H3,(H,9,10);1-5H,7H2;1H3;2*2H2,1H3;1-2H3;;;;;;;4*2H,1H3;2*1H3;;5*1H;;;;;;;;;/q;;;;;;;;6*-1;;;;;2*-1;+4;;;;;;;2*+1;+2;+3;;;;/p-5. The monoisotopic (exact) mass is 2530 g/mol. The van der Waals surface area contributed by atoms with E-state index in [1.807, 2.05) is 137 Å². The van der Waals surface area contributed by atoms with E-state index in [1.54, 1.807) is 11.3 Å². The van der Waals surface area contributed by atoms with Crippen LogP contribution in [0, 0.1) is 92.8 Å². The number of aliphatic hydroxyl groups excluding tert-OH is 4. The van der Waals surface area contributed by atoms with Crippen LogP contribution < -0.4 is 119 Å². The molecular weight excluding hydrogens is 2460 g/mol. The number of fused-ring (bicyclic) bond motifs is 1. The van der Waals surface area contributed by atoms with Gasteiger partial charge < -0.3 is 123 Å². The van der Waals surface area contributed by atoms with Gasteiger partial charge in [0.25, 0.3) is 0 Å². The summed E-state index contributed by atoms with van der Waals surface area (Å²) in [4.78, 5) is 24.6. The summed E-state index contributed by atoms with van der Waals surface area (Å²) in [6, 6.07) is 36.9. The number of hydrogen-bond acceptors (Lipinski definition) is 16. The number of alkyl halides is 2. The van der Waals surface area contributed by atoms with E-state index in [0.717, 1.165) is 61.0 Å². The molecule has 5 radical (unpaired) electrons. The zero-order valence-corrected chi connectivity index (χ0v) is 93.7. The van der Waals surface area contributed by atoms with Crippen LogP contribution >= 0.6 is 180 Å². The van der Waals surface area contributed by atoms with E-state index in [2.05, 4.69) is 192 Å². The Morgan fingerprint density at radius 1 is 0.605 bits per heavy atom. The molecule has 1 aromatic heterocycles. The maximum Gasteiger partial charge on any atom is 1.00 e. The summed E-state index contributed by atoms with van der Waals surface area (Å²) >= 11 is 27.9. The second kappa shape index (κ2) is 192. The predicted octanol–water partition coefficient (Wildman–Crippen LogP) is 10.6. The first kappa shape index (κ1) is 171. The Morgan fingerprint density at radius 3 is 0.988 bits per heavy atom. The van der Waals surface area contributed by atoms with Gasteiger partial charge >= 0.3 is 234 Å². The summed E-state index contributed by atoms with van der Waals surface area (Å²) < 4.78 is 3.72. The topological polar surface area (TPSA) is 321 Å². The largest absolute Gasteiger partial charge is 1.00 e. The molecule has 0 fully saturated rings. The summed E-state index contributed by atoms with van der Waals surface area (Å²) in [7, 11) is 4.63. The number of hydrogen-bond donors (Lipinski definition) is 7. The molecule has 0 saturated heterocycles. The molecule has 1 heterocycles. The molecule has 5 aromatic rings. The number of carbonyl (C=O) groups is 2. The van der Waals surface area contributed by atoms with Crippen LogP contribution in [0.5, 0.6) is 0 Å². The van der Waals surface area contributed by atoms with Crippen LogP contribution in [0.3, 0.4) is 0 Å². The average Bonchev–Trinajstić information content (AvgIpc) is 3.84. The minimum Gasteiger partial charge on any atom is 0 e. The van der Waals surface area contributed by atoms with Gasteiger partial charge in [-0.2, -0.15) is 0 Å². The van der Waals surface area contributed by atoms with E-state index < -0.39 is 0 Å². The Morgan fingerprint density at radius 2 is 0.802 bits per heavy atom. The Balaban J connectivity index is -0.0000000205. The quantitative estimate of drug-likeness (QED) is 0.0164. The van der Waals surface area contributed by atoms with E-state index in [0.29, 0.717) is 9.47 Å². The molecule has 0 unspecified atom stereocenters. The molecule has 8 N–H and O–H groups in total. The van der Waals surface area contributed by atoms with Crippen molar-refractivity contribution < 1.29 is 295 Å². The number of amides is 1. The normalized spacial score (nSPS) is 5.78. The van der Waals surface area contributed by atoms with Crippen molar-refractivity contribution in [3.05, 3.63) is 175 Å². The Labute approximate surface area is 868 Å². The fourth-order valence-electron chi connectivity index (χ4n) is 2.89. The molecule has 36 heteroatoms. The van der Waals surface area contributed by atoms with Gasteiger partial charge in [-0.15, -0.1) is 11.3 Å². The molecule has 4 aromatic carbocycles. The van der Waals surface area contributed by atoms with Gasteiger partial charge in [0, 0.05) is 242 Å². The number of benzene rings is 4. The number of carbonyl (C=O) groups excluding carboxylic acids is 2. The number of anilines is 3. The number of rotatable bonds is 2. The zero-order valence-electron chi connectivity index (χ0n) is 51.6. The van der Waals surface area contributed by atoms with Crippen molar-refractivity contribution in [2.45, 2.75) is 55.4 Å². The molecule has 16 nitrogen and oxygen atoms in total. The number of nitrogens with two attached hydrogens (primary N) is 1. The number of thiazole rings is 1. The van der Waals surface area contributed by atoms with E-state index >= 15 is 0 Å². The minimum absolute atomic E-state index is 0. The van der Waals surface area contributed by atoms with Gasteiger partial charge in [0.05, 0.1) is 20.2 Å². The first-order valence-corrected chi connectivity index (χ1v) is 46.6. The van der Waals surface area contributed by atoms with Crippen LogP contribution in [0.4, 0.5) is 17.1 Å². The average molecular weight is 2530 g/mol. The van der Waals surface area contributed by atoms with E-state index in [1.165, 1.54) is 27.4 Å². The maximum atomic E-state index is 10.5. The van der Waals surface area contributed by atoms with Crippen LogP contribution in [-0.4, -0.2) is 130 Å². The number of para-hydroxylation sites is 4. The third-order valence-electron chi connectivity index (χ3n) is 4.39. The van der Waals surface area contributed by atoms with Gasteiger partial charge in [-0.05, 0) is 82.8 Å². The third-order valence-corrected chi connectivity index (χ3v) is 5.44. The smallest absolute Gasteiger partial charge is 0 e. The van der Waals surface area contributed by atoms with Crippen LogP contribution in [0.25, 0.3) is 10.2 Å². The molecule has 5 rings (SSSR count). The Kier molecular flexibility index (Phi) is 383. The van der Waals surface area contributed by atoms with Crippen molar-refractivity contribution in [3.63, 3.8) is 0 Å². The van der Waals surface area contributed by atoms with Crippen molar-refractivity contribution in [1.29, 1.82) is 31.6 Å². The molecule has 0 bridgehead atoms. The van der Waals surface area contributed by atoms with Crippen molar-refractivity contribution in [1.82, 2.24) is 4.98 Å². The summed E-state index contributed by atoms with van der Waals surface area (Å²) in [6.07, 6.45) is 0. The second-order valence-electron chi connectivity index (χ2n) is 8.97. The number of nitrogen functional groups attached to an aromatic ring is 1. The van der Waals surface area contributed by atoms with Gasteiger partial charge in [-0.1, -0.05) is 152 Å². The van der Waals surface area contributed by atoms with Gasteiger partial charge in [0.1, 0.15) is 0 Å². The summed E-state index contributed by atoms with van der Waals surface area (Å²) in [5, 5.41) is 72.0. The number of thiocarbonyl (C=S) groups is 1. The summed E-state index contributed by atoms with van der Waals surface area (Å²) in [5.74, 6) is -0.0359. The molecule has 0 saturated carbocycles. The number of aryl methyl sites for hydroxylation is 1. The fraction of sp³-hybridized carbons (Fsp3) is 0.280. The molecule has 86 heavy (non-hydrogen) atoms. The van der Waals surface area contributed by atoms with E-state index in [4.69, 9.17) is 109 Å². The molecule has 462 valence electrons. The SMILES string of the molecule is CC.CC(=O)Cl.CC(=O)Nc1ccccc1.CC(=S)Nc1ccccc1.CCI.CCI.CO.CO.CO.CO.Cc1nc2ccccc2s1.Nc1ccccc1.[C-]#N.[C-]#N.[C-]#N.[C-]#N.[C-]#N.[C-]#N.[CH3-].[CH3-].[Fe+4].[I][V]([I])[I].[I][V][I].[K+].[K+].[K].[Y].[Y].[Y].[Y]. The minimum atomic E-state index is -0.361. The van der Waals surface area contributed by atoms with Crippen molar-refractivity contribution in [2.24, 2.45) is 0 Å². The molecule has 0 spiro atoms. The first-order chi connectivity index (χ1) is 36.5. The molecular formula is C50H73ClFeI7K3N10O6S2V2Y4-2. The number of halogens is 8. The van der Waals surface area contributed by atoms with Crippen molar-refractivity contribution >= 4 is 275 Å². The number of aliphatic hydroxyl groups is 4. The van der Waals surface area contributed by atoms with E-state index in [9.17, 15) is 9.59 Å². The van der Waals surface area contributed by atoms with E-state index in [-0.39, 0.29) is 333 Å². The van der Waals surface area contributed by atoms with Crippen molar-refractivity contribution in [2.75, 3.05) is 53.7 Å². The fourth-order valence-corrected chi connectivity index (χ4v) is 3.83. The van der Waals surface area contributed by atoms with Crippen molar-refractivity contribution in [3.8, 4) is 0 Å². The van der Waals surface area contributed by atoms with Crippen LogP contribution in [0.2, 0.25) is 0 Å². The molecule has 1 amide bonds. The molecule has 0 aliphatic heterocycles. The van der Waals surface area contributed by atoms with Crippen LogP contribution in [0.15, 0.2) is 115 Å². The van der Waals surface area contributed by atoms with Gasteiger partial charge in [0.15, 0.2) is 0 Å². The zero-order chi connectivity index (χ0) is 64.2. The number of nitrogens with zero attached hydrogens (tertiary/aromatic N) is 7. The van der Waals surface area contributed by atoms with Gasteiger partial charge in [-0.3, -0.25) is 9.59 Å². The molecule has 0 aliphatic carbocycles. The molecule has 0 aliphatic rings. The number of nitrogens with one attached hydrogen (secondary N) is 2. The Bertz CT molecular complexity index is 1820. The second-order valence-corrected chi connectivity index (χ2v) is 61.6. The summed E-state index contributed by atoms with van der Waals surface area (Å²) in [6.45, 7) is 43.4.